The minimum Gasteiger partial charge on any atom is -0.343 e. The molecule has 1 aliphatic rings. The van der Waals surface area contributed by atoms with Gasteiger partial charge in [-0.3, -0.25) is 4.79 Å². The predicted molar refractivity (Wildman–Crippen MR) is 84.6 cm³/mol. The molecule has 0 N–H and O–H groups in total. The second-order valence-electron chi connectivity index (χ2n) is 6.28. The van der Waals surface area contributed by atoms with Crippen molar-refractivity contribution in [3.63, 3.8) is 0 Å². The molecule has 124 valence electrons. The first-order valence-corrected chi connectivity index (χ1v) is 9.42. The molecular weight excluding hydrogens is 290 g/mol. The highest BCUT2D eigenvalue weighted by Gasteiger charge is 2.22. The van der Waals surface area contributed by atoms with Crippen molar-refractivity contribution in [3.05, 3.63) is 0 Å². The maximum absolute atomic E-state index is 12.2. The third-order valence-corrected chi connectivity index (χ3v) is 5.28. The summed E-state index contributed by atoms with van der Waals surface area (Å²) in [4.78, 5) is 16.0. The Morgan fingerprint density at radius 2 is 1.71 bits per heavy atom. The summed E-state index contributed by atoms with van der Waals surface area (Å²) in [6.07, 6.45) is 3.56. The molecule has 0 aromatic heterocycles. The van der Waals surface area contributed by atoms with Gasteiger partial charge in [0.25, 0.3) is 0 Å². The number of piperidine rings is 1. The second kappa shape index (κ2) is 8.10. The van der Waals surface area contributed by atoms with Crippen molar-refractivity contribution in [1.82, 2.24) is 14.1 Å². The van der Waals surface area contributed by atoms with Crippen LogP contribution in [-0.4, -0.2) is 81.5 Å². The van der Waals surface area contributed by atoms with Crippen molar-refractivity contribution in [2.45, 2.75) is 26.2 Å². The smallest absolute Gasteiger partial charge is 0.223 e. The first-order chi connectivity index (χ1) is 9.70. The van der Waals surface area contributed by atoms with E-state index in [4.69, 9.17) is 0 Å². The normalized spacial score (nSPS) is 17.7. The van der Waals surface area contributed by atoms with Crippen LogP contribution in [0.2, 0.25) is 0 Å². The van der Waals surface area contributed by atoms with Crippen LogP contribution in [0.25, 0.3) is 0 Å². The molecule has 1 rings (SSSR count). The van der Waals surface area contributed by atoms with Gasteiger partial charge in [-0.25, -0.2) is 12.7 Å². The second-order valence-corrected chi connectivity index (χ2v) is 8.26. The summed E-state index contributed by atoms with van der Waals surface area (Å²) in [5.74, 6) is 0.752. The van der Waals surface area contributed by atoms with Crippen LogP contribution in [0.5, 0.6) is 0 Å². The van der Waals surface area contributed by atoms with Crippen LogP contribution >= 0.6 is 0 Å². The zero-order valence-corrected chi connectivity index (χ0v) is 14.5. The lowest BCUT2D eigenvalue weighted by atomic mass is 9.99. The fourth-order valence-corrected chi connectivity index (χ4v) is 3.23. The van der Waals surface area contributed by atoms with Gasteiger partial charge in [0.15, 0.2) is 0 Å². The summed E-state index contributed by atoms with van der Waals surface area (Å²) in [6, 6.07) is 0. The lowest BCUT2D eigenvalue weighted by Gasteiger charge is -2.31. The van der Waals surface area contributed by atoms with E-state index in [0.717, 1.165) is 25.9 Å². The monoisotopic (exact) mass is 319 g/mol. The van der Waals surface area contributed by atoms with Crippen molar-refractivity contribution in [3.8, 4) is 0 Å². The van der Waals surface area contributed by atoms with Crippen molar-refractivity contribution >= 4 is 15.9 Å². The van der Waals surface area contributed by atoms with Crippen molar-refractivity contribution in [2.24, 2.45) is 5.92 Å². The summed E-state index contributed by atoms with van der Waals surface area (Å²) in [6.45, 7) is 5.16. The Morgan fingerprint density at radius 1 is 1.14 bits per heavy atom. The number of sulfonamides is 1. The van der Waals surface area contributed by atoms with Gasteiger partial charge in [-0.2, -0.15) is 0 Å². The highest BCUT2D eigenvalue weighted by Crippen LogP contribution is 2.16. The van der Waals surface area contributed by atoms with Gasteiger partial charge < -0.3 is 9.80 Å². The number of carbonyl (C=O) groups is 1. The van der Waals surface area contributed by atoms with Crippen LogP contribution in [0.1, 0.15) is 26.2 Å². The number of carbonyl (C=O) groups excluding carboxylic acids is 1. The Kier molecular flexibility index (Phi) is 7.09. The van der Waals surface area contributed by atoms with E-state index in [1.165, 1.54) is 10.6 Å². The van der Waals surface area contributed by atoms with Crippen LogP contribution in [0.15, 0.2) is 0 Å². The van der Waals surface area contributed by atoms with Gasteiger partial charge in [0, 0.05) is 39.1 Å². The van der Waals surface area contributed by atoms with E-state index in [2.05, 4.69) is 6.92 Å². The molecule has 0 saturated carbocycles. The first-order valence-electron chi connectivity index (χ1n) is 7.57. The summed E-state index contributed by atoms with van der Waals surface area (Å²) < 4.78 is 24.9. The summed E-state index contributed by atoms with van der Waals surface area (Å²) in [7, 11) is 0.547. The number of rotatable bonds is 7. The quantitative estimate of drug-likeness (QED) is 0.684. The fourth-order valence-electron chi connectivity index (χ4n) is 2.39. The minimum absolute atomic E-state index is 0.0698. The van der Waals surface area contributed by atoms with Gasteiger partial charge in [0.2, 0.25) is 15.9 Å². The van der Waals surface area contributed by atoms with E-state index >= 15 is 0 Å². The maximum Gasteiger partial charge on any atom is 0.223 e. The molecule has 1 fully saturated rings. The zero-order chi connectivity index (χ0) is 16.0. The lowest BCUT2D eigenvalue weighted by Crippen LogP contribution is -2.41. The van der Waals surface area contributed by atoms with Crippen molar-refractivity contribution in [1.29, 1.82) is 0 Å². The fraction of sp³-hybridized carbons (Fsp3) is 0.929. The maximum atomic E-state index is 12.2. The Hall–Kier alpha value is -0.660. The van der Waals surface area contributed by atoms with E-state index in [1.807, 2.05) is 23.9 Å². The number of amides is 1. The van der Waals surface area contributed by atoms with E-state index in [9.17, 15) is 13.2 Å². The molecule has 0 atom stereocenters. The highest BCUT2D eigenvalue weighted by atomic mass is 32.2. The topological polar surface area (TPSA) is 60.9 Å². The van der Waals surface area contributed by atoms with Crippen molar-refractivity contribution < 1.29 is 13.2 Å². The van der Waals surface area contributed by atoms with E-state index in [0.29, 0.717) is 19.0 Å². The zero-order valence-electron chi connectivity index (χ0n) is 13.7. The Morgan fingerprint density at radius 3 is 2.19 bits per heavy atom. The van der Waals surface area contributed by atoms with Crippen LogP contribution < -0.4 is 0 Å². The van der Waals surface area contributed by atoms with Crippen molar-refractivity contribution in [2.75, 3.05) is 53.1 Å². The minimum atomic E-state index is -3.26. The van der Waals surface area contributed by atoms with E-state index in [-0.39, 0.29) is 18.9 Å². The predicted octanol–water partition coefficient (Wildman–Crippen LogP) is 0.458. The van der Waals surface area contributed by atoms with Crippen LogP contribution in [0.3, 0.4) is 0 Å². The third kappa shape index (κ3) is 6.76. The Balaban J connectivity index is 2.46. The number of likely N-dealkylation sites (N-methyl/N-ethyl adjacent to an activating group) is 1. The van der Waals surface area contributed by atoms with Crippen LogP contribution in [0, 0.1) is 5.92 Å². The van der Waals surface area contributed by atoms with E-state index < -0.39 is 10.0 Å². The molecule has 6 nitrogen and oxygen atoms in total. The largest absolute Gasteiger partial charge is 0.343 e. The SMILES string of the molecule is CC1CCN(C(=O)CCN(CCN(C)C)S(C)(=O)=O)CC1. The van der Waals surface area contributed by atoms with Gasteiger partial charge >= 0.3 is 0 Å². The molecule has 0 aromatic carbocycles. The standard InChI is InChI=1S/C14H29N3O3S/c1-13-5-8-16(9-6-13)14(18)7-10-17(21(4,19)20)12-11-15(2)3/h13H,5-12H2,1-4H3. The molecule has 1 saturated heterocycles. The van der Waals surface area contributed by atoms with Crippen LogP contribution in [-0.2, 0) is 14.8 Å². The van der Waals surface area contributed by atoms with E-state index in [1.54, 1.807) is 0 Å². The Bertz CT molecular complexity index is 429. The molecule has 0 aliphatic carbocycles. The van der Waals surface area contributed by atoms with Gasteiger partial charge in [-0.1, -0.05) is 6.92 Å². The summed E-state index contributed by atoms with van der Waals surface area (Å²) in [5.41, 5.74) is 0. The molecule has 1 aliphatic heterocycles. The van der Waals surface area contributed by atoms with Gasteiger partial charge in [0.1, 0.15) is 0 Å². The molecule has 0 radical (unpaired) electrons. The Labute approximate surface area is 129 Å². The number of nitrogens with zero attached hydrogens (tertiary/aromatic N) is 3. The molecule has 7 heteroatoms. The molecule has 0 bridgehead atoms. The summed E-state index contributed by atoms with van der Waals surface area (Å²) >= 11 is 0. The lowest BCUT2D eigenvalue weighted by molar-refractivity contribution is -0.132. The highest BCUT2D eigenvalue weighted by molar-refractivity contribution is 7.88. The number of hydrogen-bond acceptors (Lipinski definition) is 4. The molecule has 0 spiro atoms. The van der Waals surface area contributed by atoms with Crippen LogP contribution in [0.4, 0.5) is 0 Å². The third-order valence-electron chi connectivity index (χ3n) is 3.98. The van der Waals surface area contributed by atoms with Gasteiger partial charge in [-0.05, 0) is 32.9 Å². The molecule has 0 aromatic rings. The number of likely N-dealkylation sites (tertiary alicyclic amines) is 1. The van der Waals surface area contributed by atoms with Gasteiger partial charge in [-0.15, -0.1) is 0 Å². The number of hydrogen-bond donors (Lipinski definition) is 0. The molecule has 21 heavy (non-hydrogen) atoms. The molecule has 0 unspecified atom stereocenters. The average molecular weight is 319 g/mol. The molecule has 1 heterocycles. The molecule has 1 amide bonds. The average Bonchev–Trinajstić information content (AvgIpc) is 2.37. The molecular formula is C14H29N3O3S. The first kappa shape index (κ1) is 18.4. The van der Waals surface area contributed by atoms with Gasteiger partial charge in [0.05, 0.1) is 6.26 Å². The summed E-state index contributed by atoms with van der Waals surface area (Å²) in [5, 5.41) is 0.